The Balaban J connectivity index is 1.51. The van der Waals surface area contributed by atoms with Crippen molar-refractivity contribution in [3.05, 3.63) is 52.0 Å². The van der Waals surface area contributed by atoms with E-state index in [1.54, 1.807) is 11.3 Å². The number of hydrogen-bond acceptors (Lipinski definition) is 4. The molecule has 3 heterocycles. The van der Waals surface area contributed by atoms with E-state index in [2.05, 4.69) is 57.4 Å². The Morgan fingerprint density at radius 1 is 1.24 bits per heavy atom. The number of nitrogens with zero attached hydrogens (tertiary/aromatic N) is 3. The third kappa shape index (κ3) is 3.00. The molecule has 1 amide bonds. The largest absolute Gasteiger partial charge is 0.339 e. The lowest BCUT2D eigenvalue weighted by atomic mass is 9.74. The molecule has 1 unspecified atom stereocenters. The van der Waals surface area contributed by atoms with Crippen molar-refractivity contribution < 1.29 is 4.79 Å². The summed E-state index contributed by atoms with van der Waals surface area (Å²) in [5, 5.41) is 3.30. The lowest BCUT2D eigenvalue weighted by molar-refractivity contribution is -0.130. The molecule has 2 aliphatic heterocycles. The summed E-state index contributed by atoms with van der Waals surface area (Å²) in [6.07, 6.45) is 2.72. The van der Waals surface area contributed by atoms with E-state index >= 15 is 0 Å². The van der Waals surface area contributed by atoms with Crippen LogP contribution in [0.5, 0.6) is 0 Å². The molecule has 5 heteroatoms. The molecule has 2 aliphatic rings. The summed E-state index contributed by atoms with van der Waals surface area (Å²) < 4.78 is 0. The highest BCUT2D eigenvalue weighted by Gasteiger charge is 2.52. The zero-order valence-corrected chi connectivity index (χ0v) is 15.8. The van der Waals surface area contributed by atoms with Crippen LogP contribution >= 0.6 is 11.3 Å². The summed E-state index contributed by atoms with van der Waals surface area (Å²) in [4.78, 5) is 21.6. The highest BCUT2D eigenvalue weighted by molar-refractivity contribution is 7.09. The molecule has 0 aliphatic carbocycles. The van der Waals surface area contributed by atoms with Crippen molar-refractivity contribution in [3.63, 3.8) is 0 Å². The minimum atomic E-state index is -0.0209. The number of thiazole rings is 1. The van der Waals surface area contributed by atoms with Crippen molar-refractivity contribution in [2.45, 2.75) is 44.2 Å². The van der Waals surface area contributed by atoms with Crippen LogP contribution in [0, 0.1) is 6.92 Å². The van der Waals surface area contributed by atoms with Gasteiger partial charge in [-0.1, -0.05) is 30.3 Å². The summed E-state index contributed by atoms with van der Waals surface area (Å²) in [6.45, 7) is 5.03. The number of benzene rings is 1. The molecular formula is C20H25N3OS. The molecule has 2 aromatic rings. The van der Waals surface area contributed by atoms with Crippen LogP contribution in [0.1, 0.15) is 41.4 Å². The Bertz CT molecular complexity index is 749. The van der Waals surface area contributed by atoms with Crippen LogP contribution in [0.3, 0.4) is 0 Å². The Labute approximate surface area is 153 Å². The van der Waals surface area contributed by atoms with Crippen molar-refractivity contribution in [3.8, 4) is 0 Å². The quantitative estimate of drug-likeness (QED) is 0.846. The van der Waals surface area contributed by atoms with Gasteiger partial charge in [-0.05, 0) is 25.3 Å². The first-order valence-corrected chi connectivity index (χ1v) is 9.91. The van der Waals surface area contributed by atoms with Crippen molar-refractivity contribution >= 4 is 17.2 Å². The van der Waals surface area contributed by atoms with Gasteiger partial charge in [-0.2, -0.15) is 0 Å². The van der Waals surface area contributed by atoms with E-state index < -0.39 is 0 Å². The van der Waals surface area contributed by atoms with E-state index in [4.69, 9.17) is 0 Å². The second-order valence-electron chi connectivity index (χ2n) is 7.36. The van der Waals surface area contributed by atoms with E-state index in [9.17, 15) is 4.79 Å². The van der Waals surface area contributed by atoms with Gasteiger partial charge in [-0.15, -0.1) is 11.3 Å². The fourth-order valence-electron chi connectivity index (χ4n) is 4.59. The lowest BCUT2D eigenvalue weighted by Gasteiger charge is -2.46. The summed E-state index contributed by atoms with van der Waals surface area (Å²) in [6, 6.07) is 10.6. The van der Waals surface area contributed by atoms with Gasteiger partial charge >= 0.3 is 0 Å². The maximum Gasteiger partial charge on any atom is 0.223 e. The minimum absolute atomic E-state index is 0.0209. The lowest BCUT2D eigenvalue weighted by Crippen LogP contribution is -2.53. The van der Waals surface area contributed by atoms with E-state index in [1.165, 1.54) is 11.3 Å². The normalized spacial score (nSPS) is 23.5. The highest BCUT2D eigenvalue weighted by atomic mass is 32.1. The van der Waals surface area contributed by atoms with Crippen LogP contribution in [-0.2, 0) is 11.3 Å². The molecule has 1 aromatic carbocycles. The van der Waals surface area contributed by atoms with Crippen LogP contribution in [0.4, 0.5) is 0 Å². The first-order chi connectivity index (χ1) is 12.1. The van der Waals surface area contributed by atoms with Gasteiger partial charge in [-0.3, -0.25) is 9.69 Å². The summed E-state index contributed by atoms with van der Waals surface area (Å²) in [5.41, 5.74) is 2.46. The molecule has 2 fully saturated rings. The molecule has 4 rings (SSSR count). The van der Waals surface area contributed by atoms with Crippen molar-refractivity contribution in [1.82, 2.24) is 14.8 Å². The third-order valence-corrected chi connectivity index (χ3v) is 6.87. The summed E-state index contributed by atoms with van der Waals surface area (Å²) in [7, 11) is 2.00. The number of likely N-dealkylation sites (tertiary alicyclic amines) is 2. The zero-order valence-electron chi connectivity index (χ0n) is 14.9. The number of hydrogen-bond donors (Lipinski definition) is 0. The predicted molar refractivity (Wildman–Crippen MR) is 101 cm³/mol. The fraction of sp³-hybridized carbons (Fsp3) is 0.500. The molecule has 1 atom stereocenters. The SMILES string of the molecule is Cc1nc(CN2CCC3(CC2)C(c2ccccc2)CC(=O)N3C)cs1. The van der Waals surface area contributed by atoms with Crippen LogP contribution in [-0.4, -0.2) is 46.4 Å². The van der Waals surface area contributed by atoms with Gasteiger partial charge < -0.3 is 4.90 Å². The van der Waals surface area contributed by atoms with Gasteiger partial charge in [0.05, 0.1) is 16.2 Å². The number of carbonyl (C=O) groups is 1. The number of aryl methyl sites for hydroxylation is 1. The van der Waals surface area contributed by atoms with Gasteiger partial charge in [0, 0.05) is 44.4 Å². The summed E-state index contributed by atoms with van der Waals surface area (Å²) in [5.74, 6) is 0.604. The molecule has 2 saturated heterocycles. The fourth-order valence-corrected chi connectivity index (χ4v) is 5.19. The average molecular weight is 356 g/mol. The molecule has 0 N–H and O–H groups in total. The topological polar surface area (TPSA) is 36.4 Å². The van der Waals surface area contributed by atoms with Crippen molar-refractivity contribution in [1.29, 1.82) is 0 Å². The smallest absolute Gasteiger partial charge is 0.223 e. The van der Waals surface area contributed by atoms with Gasteiger partial charge in [0.25, 0.3) is 0 Å². The second-order valence-corrected chi connectivity index (χ2v) is 8.42. The summed E-state index contributed by atoms with van der Waals surface area (Å²) >= 11 is 1.72. The molecule has 1 aromatic heterocycles. The molecule has 0 saturated carbocycles. The predicted octanol–water partition coefficient (Wildman–Crippen LogP) is 3.43. The number of carbonyl (C=O) groups excluding carboxylic acids is 1. The minimum Gasteiger partial charge on any atom is -0.339 e. The van der Waals surface area contributed by atoms with Crippen molar-refractivity contribution in [2.24, 2.45) is 0 Å². The molecule has 0 radical (unpaired) electrons. The molecule has 1 spiro atoms. The monoisotopic (exact) mass is 355 g/mol. The van der Waals surface area contributed by atoms with Gasteiger partial charge in [-0.25, -0.2) is 4.98 Å². The van der Waals surface area contributed by atoms with Crippen LogP contribution in [0.15, 0.2) is 35.7 Å². The zero-order chi connectivity index (χ0) is 17.4. The van der Waals surface area contributed by atoms with Crippen LogP contribution in [0.2, 0.25) is 0 Å². The first kappa shape index (κ1) is 16.7. The van der Waals surface area contributed by atoms with Crippen LogP contribution < -0.4 is 0 Å². The van der Waals surface area contributed by atoms with E-state index in [0.29, 0.717) is 12.3 Å². The first-order valence-electron chi connectivity index (χ1n) is 9.03. The van der Waals surface area contributed by atoms with Gasteiger partial charge in [0.2, 0.25) is 5.91 Å². The number of piperidine rings is 1. The number of likely N-dealkylation sites (N-methyl/N-ethyl adjacent to an activating group) is 1. The molecule has 132 valence electrons. The maximum atomic E-state index is 12.5. The Morgan fingerprint density at radius 2 is 1.96 bits per heavy atom. The van der Waals surface area contributed by atoms with E-state index in [0.717, 1.165) is 37.5 Å². The molecule has 25 heavy (non-hydrogen) atoms. The Morgan fingerprint density at radius 3 is 2.60 bits per heavy atom. The standard InChI is InChI=1S/C20H25N3OS/c1-15-21-17(14-25-15)13-23-10-8-20(9-11-23)18(12-19(24)22(20)2)16-6-4-3-5-7-16/h3-7,14,18H,8-13H2,1-2H3. The molecule has 0 bridgehead atoms. The van der Waals surface area contributed by atoms with Gasteiger partial charge in [0.15, 0.2) is 0 Å². The van der Waals surface area contributed by atoms with E-state index in [-0.39, 0.29) is 11.4 Å². The number of aromatic nitrogens is 1. The third-order valence-electron chi connectivity index (χ3n) is 6.05. The number of amides is 1. The Hall–Kier alpha value is -1.72. The molecule has 4 nitrogen and oxygen atoms in total. The maximum absolute atomic E-state index is 12.5. The van der Waals surface area contributed by atoms with Gasteiger partial charge in [0.1, 0.15) is 0 Å². The van der Waals surface area contributed by atoms with E-state index in [1.807, 2.05) is 7.05 Å². The molecular weight excluding hydrogens is 330 g/mol. The average Bonchev–Trinajstić information content (AvgIpc) is 3.14. The van der Waals surface area contributed by atoms with Crippen LogP contribution in [0.25, 0.3) is 0 Å². The van der Waals surface area contributed by atoms with Crippen molar-refractivity contribution in [2.75, 3.05) is 20.1 Å². The highest BCUT2D eigenvalue weighted by Crippen LogP contribution is 2.48. The number of rotatable bonds is 3. The second kappa shape index (κ2) is 6.54. The Kier molecular flexibility index (Phi) is 4.38.